The van der Waals surface area contributed by atoms with Crippen LogP contribution in [0.1, 0.15) is 12.8 Å². The van der Waals surface area contributed by atoms with E-state index in [0.717, 1.165) is 31.4 Å². The molecular weight excluding hydrogens is 230 g/mol. The van der Waals surface area contributed by atoms with Gasteiger partial charge in [-0.1, -0.05) is 0 Å². The fraction of sp³-hybridized carbons (Fsp3) is 0.636. The molecule has 2 aromatic rings. The second-order valence-electron chi connectivity index (χ2n) is 4.71. The van der Waals surface area contributed by atoms with E-state index in [-0.39, 0.29) is 0 Å². The first-order chi connectivity index (χ1) is 8.86. The smallest absolute Gasteiger partial charge is 0.200 e. The second-order valence-corrected chi connectivity index (χ2v) is 4.71. The van der Waals surface area contributed by atoms with Gasteiger partial charge in [0.25, 0.3) is 0 Å². The molecule has 0 bridgehead atoms. The van der Waals surface area contributed by atoms with E-state index in [2.05, 4.69) is 30.8 Å². The highest BCUT2D eigenvalue weighted by molar-refractivity contribution is 5.44. The highest BCUT2D eigenvalue weighted by atomic mass is 15.6. The van der Waals surface area contributed by atoms with Gasteiger partial charge in [0.2, 0.25) is 0 Å². The summed E-state index contributed by atoms with van der Waals surface area (Å²) in [5.41, 5.74) is 0.684. The van der Waals surface area contributed by atoms with Crippen LogP contribution in [0.15, 0.2) is 12.1 Å². The van der Waals surface area contributed by atoms with Gasteiger partial charge in [0, 0.05) is 13.1 Å². The fourth-order valence-corrected chi connectivity index (χ4v) is 2.46. The number of anilines is 1. The van der Waals surface area contributed by atoms with Crippen molar-refractivity contribution in [1.82, 2.24) is 30.6 Å². The first kappa shape index (κ1) is 11.3. The second kappa shape index (κ2) is 4.85. The van der Waals surface area contributed by atoms with Crippen LogP contribution in [0.3, 0.4) is 0 Å². The first-order valence-corrected chi connectivity index (χ1v) is 6.32. The van der Waals surface area contributed by atoms with E-state index in [1.165, 1.54) is 17.5 Å². The molecule has 1 N–H and O–H groups in total. The Morgan fingerprint density at radius 2 is 2.17 bits per heavy atom. The summed E-state index contributed by atoms with van der Waals surface area (Å²) in [6.45, 7) is 3.20. The molecule has 2 aromatic heterocycles. The van der Waals surface area contributed by atoms with Gasteiger partial charge in [-0.15, -0.1) is 14.8 Å². The zero-order chi connectivity index (χ0) is 12.4. The van der Waals surface area contributed by atoms with Crippen LogP contribution in [0, 0.1) is 5.92 Å². The van der Waals surface area contributed by atoms with Crippen LogP contribution in [-0.4, -0.2) is 51.9 Å². The van der Waals surface area contributed by atoms with Gasteiger partial charge in [-0.25, -0.2) is 0 Å². The molecule has 0 spiro atoms. The van der Waals surface area contributed by atoms with Gasteiger partial charge in [-0.3, -0.25) is 0 Å². The number of hydrogen-bond acceptors (Lipinski definition) is 6. The quantitative estimate of drug-likeness (QED) is 0.820. The van der Waals surface area contributed by atoms with E-state index >= 15 is 0 Å². The van der Waals surface area contributed by atoms with Crippen molar-refractivity contribution >= 4 is 11.5 Å². The molecule has 0 aliphatic carbocycles. The van der Waals surface area contributed by atoms with E-state index in [4.69, 9.17) is 0 Å². The van der Waals surface area contributed by atoms with Crippen molar-refractivity contribution in [2.75, 3.05) is 31.6 Å². The van der Waals surface area contributed by atoms with Crippen LogP contribution >= 0.6 is 0 Å². The van der Waals surface area contributed by atoms with E-state index in [1.54, 1.807) is 0 Å². The molecule has 1 aliphatic heterocycles. The third kappa shape index (κ3) is 2.13. The normalized spacial score (nSPS) is 17.5. The number of nitrogens with one attached hydrogen (secondary N) is 1. The molecule has 96 valence electrons. The Morgan fingerprint density at radius 3 is 2.94 bits per heavy atom. The molecule has 3 rings (SSSR count). The molecule has 0 amide bonds. The van der Waals surface area contributed by atoms with Crippen LogP contribution < -0.4 is 10.2 Å². The maximum atomic E-state index is 4.42. The number of aromatic nitrogens is 5. The molecule has 7 heteroatoms. The molecule has 1 fully saturated rings. The molecule has 7 nitrogen and oxygen atoms in total. The zero-order valence-corrected chi connectivity index (χ0v) is 10.5. The minimum Gasteiger partial charge on any atom is -0.355 e. The van der Waals surface area contributed by atoms with Crippen molar-refractivity contribution < 1.29 is 0 Å². The van der Waals surface area contributed by atoms with E-state index in [0.29, 0.717) is 5.65 Å². The third-order valence-electron chi connectivity index (χ3n) is 3.49. The van der Waals surface area contributed by atoms with Gasteiger partial charge < -0.3 is 10.2 Å². The van der Waals surface area contributed by atoms with E-state index < -0.39 is 0 Å². The van der Waals surface area contributed by atoms with Crippen LogP contribution in [0.5, 0.6) is 0 Å². The number of tetrazole rings is 1. The predicted octanol–water partition coefficient (Wildman–Crippen LogP) is -0.0449. The lowest BCUT2D eigenvalue weighted by atomic mass is 9.97. The summed E-state index contributed by atoms with van der Waals surface area (Å²) < 4.78 is 1.48. The Bertz CT molecular complexity index is 515. The molecule has 3 heterocycles. The van der Waals surface area contributed by atoms with Crippen LogP contribution in [0.4, 0.5) is 5.82 Å². The summed E-state index contributed by atoms with van der Waals surface area (Å²) in [4.78, 5) is 2.30. The minimum atomic E-state index is 0.684. The van der Waals surface area contributed by atoms with Gasteiger partial charge >= 0.3 is 0 Å². The maximum absolute atomic E-state index is 4.42. The van der Waals surface area contributed by atoms with Gasteiger partial charge in [-0.2, -0.15) is 0 Å². The Hall–Kier alpha value is -1.76. The van der Waals surface area contributed by atoms with Crippen LogP contribution in [0.2, 0.25) is 0 Å². The van der Waals surface area contributed by atoms with Gasteiger partial charge in [0.05, 0.1) is 0 Å². The molecule has 1 aliphatic rings. The first-order valence-electron chi connectivity index (χ1n) is 6.32. The van der Waals surface area contributed by atoms with Gasteiger partial charge in [0.15, 0.2) is 11.5 Å². The van der Waals surface area contributed by atoms with Gasteiger partial charge in [0.1, 0.15) is 0 Å². The molecule has 18 heavy (non-hydrogen) atoms. The SMILES string of the molecule is CNCC1CCN(c2ccc3nnnn3n2)CC1. The van der Waals surface area contributed by atoms with E-state index in [1.807, 2.05) is 19.2 Å². The average Bonchev–Trinajstić information content (AvgIpc) is 2.87. The minimum absolute atomic E-state index is 0.684. The molecular formula is C11H17N7. The number of piperidine rings is 1. The maximum Gasteiger partial charge on any atom is 0.200 e. The van der Waals surface area contributed by atoms with Crippen molar-refractivity contribution in [1.29, 1.82) is 0 Å². The van der Waals surface area contributed by atoms with Crippen molar-refractivity contribution in [3.63, 3.8) is 0 Å². The summed E-state index contributed by atoms with van der Waals surface area (Å²) in [6.07, 6.45) is 2.41. The Kier molecular flexibility index (Phi) is 3.06. The van der Waals surface area contributed by atoms with E-state index in [9.17, 15) is 0 Å². The monoisotopic (exact) mass is 247 g/mol. The fourth-order valence-electron chi connectivity index (χ4n) is 2.46. The van der Waals surface area contributed by atoms with Gasteiger partial charge in [-0.05, 0) is 54.9 Å². The molecule has 0 radical (unpaired) electrons. The lowest BCUT2D eigenvalue weighted by Crippen LogP contribution is -2.37. The highest BCUT2D eigenvalue weighted by Crippen LogP contribution is 2.21. The van der Waals surface area contributed by atoms with Crippen LogP contribution in [0.25, 0.3) is 5.65 Å². The van der Waals surface area contributed by atoms with Crippen molar-refractivity contribution in [3.05, 3.63) is 12.1 Å². The van der Waals surface area contributed by atoms with Crippen molar-refractivity contribution in [3.8, 4) is 0 Å². The lowest BCUT2D eigenvalue weighted by molar-refractivity contribution is 0.391. The summed E-state index contributed by atoms with van der Waals surface area (Å²) in [6, 6.07) is 3.89. The zero-order valence-electron chi connectivity index (χ0n) is 10.5. The molecule has 0 atom stereocenters. The predicted molar refractivity (Wildman–Crippen MR) is 67.4 cm³/mol. The topological polar surface area (TPSA) is 71.2 Å². The Morgan fingerprint density at radius 1 is 1.33 bits per heavy atom. The van der Waals surface area contributed by atoms with Crippen molar-refractivity contribution in [2.24, 2.45) is 5.92 Å². The highest BCUT2D eigenvalue weighted by Gasteiger charge is 2.20. The molecule has 1 saturated heterocycles. The molecule has 0 saturated carbocycles. The lowest BCUT2D eigenvalue weighted by Gasteiger charge is -2.32. The summed E-state index contributed by atoms with van der Waals surface area (Å²) >= 11 is 0. The Labute approximate surface area is 105 Å². The largest absolute Gasteiger partial charge is 0.355 e. The number of nitrogens with zero attached hydrogens (tertiary/aromatic N) is 6. The summed E-state index contributed by atoms with van der Waals surface area (Å²) in [7, 11) is 2.01. The standard InChI is InChI=1S/C11H17N7/c1-12-8-9-4-6-17(7-5-9)11-3-2-10-13-15-16-18(10)14-11/h2-3,9,12H,4-8H2,1H3. The number of fused-ring (bicyclic) bond motifs is 1. The molecule has 0 aromatic carbocycles. The molecule has 0 unspecified atom stereocenters. The Balaban J connectivity index is 1.71. The number of hydrogen-bond donors (Lipinski definition) is 1. The third-order valence-corrected chi connectivity index (χ3v) is 3.49. The number of rotatable bonds is 3. The summed E-state index contributed by atoms with van der Waals surface area (Å²) in [5, 5.41) is 18.9. The summed E-state index contributed by atoms with van der Waals surface area (Å²) in [5.74, 6) is 1.74. The average molecular weight is 247 g/mol. The van der Waals surface area contributed by atoms with Crippen LogP contribution in [-0.2, 0) is 0 Å². The van der Waals surface area contributed by atoms with Crippen molar-refractivity contribution in [2.45, 2.75) is 12.8 Å².